The van der Waals surface area contributed by atoms with Crippen LogP contribution in [-0.2, 0) is 5.41 Å². The van der Waals surface area contributed by atoms with Gasteiger partial charge >= 0.3 is 0 Å². The molecule has 0 fully saturated rings. The smallest absolute Gasteiger partial charge is 0.0726 e. The van der Waals surface area contributed by atoms with E-state index in [1.807, 2.05) is 11.3 Å². The van der Waals surface area contributed by atoms with E-state index in [4.69, 9.17) is 0 Å². The highest BCUT2D eigenvalue weighted by atomic mass is 32.1. The number of rotatable bonds is 2. The Balaban J connectivity index is 1.41. The number of fused-ring (bicyclic) bond motifs is 7. The lowest BCUT2D eigenvalue weighted by molar-refractivity contribution is 0.782. The van der Waals surface area contributed by atoms with Crippen LogP contribution in [0.2, 0.25) is 0 Å². The molecule has 1 atom stereocenters. The van der Waals surface area contributed by atoms with Gasteiger partial charge in [0.25, 0.3) is 0 Å². The van der Waals surface area contributed by atoms with E-state index in [2.05, 4.69) is 144 Å². The second kappa shape index (κ2) is 7.60. The lowest BCUT2D eigenvalue weighted by atomic mass is 9.63. The molecule has 2 aliphatic rings. The van der Waals surface area contributed by atoms with E-state index in [0.717, 1.165) is 0 Å². The fourth-order valence-corrected chi connectivity index (χ4v) is 9.87. The number of nitrogens with zero attached hydrogens (tertiary/aromatic N) is 1. The van der Waals surface area contributed by atoms with Gasteiger partial charge in [-0.05, 0) is 68.4 Å². The molecule has 11 rings (SSSR count). The van der Waals surface area contributed by atoms with Crippen LogP contribution in [0.4, 0.5) is 0 Å². The molecule has 1 unspecified atom stereocenters. The first-order chi connectivity index (χ1) is 21.4. The summed E-state index contributed by atoms with van der Waals surface area (Å²) in [4.78, 5) is 0. The van der Waals surface area contributed by atoms with Crippen LogP contribution in [0, 0.1) is 0 Å². The highest BCUT2D eigenvalue weighted by Crippen LogP contribution is 2.63. The van der Waals surface area contributed by atoms with E-state index in [0.29, 0.717) is 0 Å². The molecule has 198 valence electrons. The summed E-state index contributed by atoms with van der Waals surface area (Å²) in [5.41, 5.74) is 11.7. The zero-order valence-corrected chi connectivity index (χ0v) is 24.0. The van der Waals surface area contributed by atoms with Crippen LogP contribution in [0.25, 0.3) is 69.6 Å². The predicted molar refractivity (Wildman–Crippen MR) is 182 cm³/mol. The van der Waals surface area contributed by atoms with Crippen LogP contribution in [-0.4, -0.2) is 4.57 Å². The van der Waals surface area contributed by atoms with Crippen molar-refractivity contribution in [3.05, 3.63) is 162 Å². The minimum atomic E-state index is -0.372. The maximum atomic E-state index is 2.56. The largest absolute Gasteiger partial charge is 0.308 e. The molecule has 2 aliphatic carbocycles. The fourth-order valence-electron chi connectivity index (χ4n) is 8.67. The fraction of sp³-hybridized carbons (Fsp3) is 0.0244. The quantitative estimate of drug-likeness (QED) is 0.198. The first kappa shape index (κ1) is 22.4. The molecule has 0 saturated carbocycles. The number of benzene rings is 7. The Labute approximate surface area is 251 Å². The molecule has 2 heteroatoms. The van der Waals surface area contributed by atoms with Gasteiger partial charge in [0.05, 0.1) is 26.8 Å². The highest BCUT2D eigenvalue weighted by Gasteiger charge is 2.50. The average molecular weight is 562 g/mol. The monoisotopic (exact) mass is 561 g/mol. The van der Waals surface area contributed by atoms with Crippen molar-refractivity contribution >= 4 is 64.1 Å². The van der Waals surface area contributed by atoms with E-state index in [1.54, 1.807) is 0 Å². The molecule has 2 heterocycles. The summed E-state index contributed by atoms with van der Waals surface area (Å²) in [7, 11) is 0. The van der Waals surface area contributed by atoms with Gasteiger partial charge in [-0.2, -0.15) is 0 Å². The number of thiophene rings is 1. The van der Waals surface area contributed by atoms with Crippen LogP contribution >= 0.6 is 11.3 Å². The Morgan fingerprint density at radius 3 is 2.19 bits per heavy atom. The summed E-state index contributed by atoms with van der Waals surface area (Å²) in [6.07, 6.45) is 0. The molecule has 7 aromatic carbocycles. The normalized spacial score (nSPS) is 16.5. The summed E-state index contributed by atoms with van der Waals surface area (Å²) < 4.78 is 5.23. The van der Waals surface area contributed by atoms with Crippen molar-refractivity contribution in [2.75, 3.05) is 0 Å². The van der Waals surface area contributed by atoms with Crippen molar-refractivity contribution in [1.82, 2.24) is 4.57 Å². The van der Waals surface area contributed by atoms with Gasteiger partial charge in [0.15, 0.2) is 0 Å². The molecule has 0 saturated heterocycles. The standard InChI is InChI=1S/C41H23NS/c1-2-11-25(12-3-1)41-30-16-6-4-13-26(30)28-21-23-33-38(39(28)41)37-32(22-20-24-10-8-17-31(41)36(24)37)42(33)34-18-9-15-29-27-14-5-7-19-35(27)43-40(29)34/h1-23H. The molecule has 0 spiro atoms. The van der Waals surface area contributed by atoms with Crippen molar-refractivity contribution in [1.29, 1.82) is 0 Å². The van der Waals surface area contributed by atoms with Crippen molar-refractivity contribution in [2.45, 2.75) is 5.41 Å². The molecule has 0 N–H and O–H groups in total. The van der Waals surface area contributed by atoms with Crippen LogP contribution in [0.5, 0.6) is 0 Å². The van der Waals surface area contributed by atoms with Gasteiger partial charge in [-0.25, -0.2) is 0 Å². The van der Waals surface area contributed by atoms with Gasteiger partial charge in [-0.1, -0.05) is 115 Å². The van der Waals surface area contributed by atoms with Crippen LogP contribution in [0.1, 0.15) is 22.3 Å². The summed E-state index contributed by atoms with van der Waals surface area (Å²) >= 11 is 1.91. The minimum absolute atomic E-state index is 0.372. The number of hydrogen-bond donors (Lipinski definition) is 0. The summed E-state index contributed by atoms with van der Waals surface area (Å²) in [5.74, 6) is 0. The lowest BCUT2D eigenvalue weighted by Crippen LogP contribution is -2.30. The van der Waals surface area contributed by atoms with Gasteiger partial charge in [0.2, 0.25) is 0 Å². The SMILES string of the molecule is c1ccc(C23c4ccccc4-c4ccc5c(c42)c2c4c3cccc4ccc2n5-c2cccc3c2sc2ccccc23)cc1. The van der Waals surface area contributed by atoms with Gasteiger partial charge < -0.3 is 4.57 Å². The molecular formula is C41H23NS. The molecular weight excluding hydrogens is 539 g/mol. The molecule has 9 aromatic rings. The van der Waals surface area contributed by atoms with Crippen molar-refractivity contribution in [2.24, 2.45) is 0 Å². The molecule has 0 amide bonds. The van der Waals surface area contributed by atoms with Gasteiger partial charge in [-0.3, -0.25) is 0 Å². The van der Waals surface area contributed by atoms with E-state index < -0.39 is 0 Å². The maximum absolute atomic E-state index is 2.56. The van der Waals surface area contributed by atoms with E-state index in [1.165, 1.54) is 91.8 Å². The van der Waals surface area contributed by atoms with Crippen molar-refractivity contribution < 1.29 is 0 Å². The zero-order chi connectivity index (χ0) is 27.9. The number of aromatic nitrogens is 1. The van der Waals surface area contributed by atoms with Crippen LogP contribution in [0.15, 0.2) is 140 Å². The van der Waals surface area contributed by atoms with Crippen LogP contribution < -0.4 is 0 Å². The lowest BCUT2D eigenvalue weighted by Gasteiger charge is -2.37. The summed E-state index contributed by atoms with van der Waals surface area (Å²) in [6, 6.07) is 52.4. The zero-order valence-electron chi connectivity index (χ0n) is 23.1. The Kier molecular flexibility index (Phi) is 3.97. The summed E-state index contributed by atoms with van der Waals surface area (Å²) in [5, 5.41) is 8.14. The summed E-state index contributed by atoms with van der Waals surface area (Å²) in [6.45, 7) is 0. The second-order valence-electron chi connectivity index (χ2n) is 12.0. The second-order valence-corrected chi connectivity index (χ2v) is 13.0. The third-order valence-corrected chi connectivity index (χ3v) is 11.4. The van der Waals surface area contributed by atoms with Gasteiger partial charge in [0, 0.05) is 26.2 Å². The van der Waals surface area contributed by atoms with Gasteiger partial charge in [0.1, 0.15) is 0 Å². The molecule has 0 radical (unpaired) electrons. The average Bonchev–Trinajstić information content (AvgIpc) is 3.71. The highest BCUT2D eigenvalue weighted by molar-refractivity contribution is 7.26. The minimum Gasteiger partial charge on any atom is -0.308 e. The Morgan fingerprint density at radius 1 is 0.488 bits per heavy atom. The maximum Gasteiger partial charge on any atom is 0.0726 e. The number of hydrogen-bond acceptors (Lipinski definition) is 1. The Morgan fingerprint density at radius 2 is 1.23 bits per heavy atom. The van der Waals surface area contributed by atoms with Crippen molar-refractivity contribution in [3.8, 4) is 16.8 Å². The van der Waals surface area contributed by atoms with Gasteiger partial charge in [-0.15, -0.1) is 11.3 Å². The first-order valence-electron chi connectivity index (χ1n) is 15.0. The Bertz CT molecular complexity index is 2670. The van der Waals surface area contributed by atoms with Crippen LogP contribution in [0.3, 0.4) is 0 Å². The molecule has 43 heavy (non-hydrogen) atoms. The molecule has 1 nitrogen and oxygen atoms in total. The Hall–Kier alpha value is -5.18. The van der Waals surface area contributed by atoms with E-state index in [-0.39, 0.29) is 5.41 Å². The topological polar surface area (TPSA) is 4.93 Å². The van der Waals surface area contributed by atoms with E-state index in [9.17, 15) is 0 Å². The van der Waals surface area contributed by atoms with E-state index >= 15 is 0 Å². The van der Waals surface area contributed by atoms with Crippen molar-refractivity contribution in [3.63, 3.8) is 0 Å². The first-order valence-corrected chi connectivity index (χ1v) is 15.8. The third kappa shape index (κ3) is 2.46. The predicted octanol–water partition coefficient (Wildman–Crippen LogP) is 11.0. The third-order valence-electron chi connectivity index (χ3n) is 10.2. The molecule has 0 aliphatic heterocycles. The molecule has 0 bridgehead atoms. The molecule has 2 aromatic heterocycles.